The lowest BCUT2D eigenvalue weighted by Gasteiger charge is -2.19. The number of imidazole rings is 1. The van der Waals surface area contributed by atoms with Crippen LogP contribution in [0.5, 0.6) is 0 Å². The largest absolute Gasteiger partial charge is 0.364 e. The molecule has 0 saturated carbocycles. The van der Waals surface area contributed by atoms with E-state index in [1.165, 1.54) is 0 Å². The molecule has 3 aromatic heterocycles. The summed E-state index contributed by atoms with van der Waals surface area (Å²) in [6, 6.07) is 6.36. The van der Waals surface area contributed by atoms with Crippen molar-refractivity contribution in [1.29, 1.82) is 0 Å². The van der Waals surface area contributed by atoms with E-state index >= 15 is 0 Å². The SMILES string of the molecule is CCC1CNCC1Nc1cncc(-c2cnc3ccccn23)n1. The van der Waals surface area contributed by atoms with Gasteiger partial charge in [0.1, 0.15) is 17.2 Å². The highest BCUT2D eigenvalue weighted by atomic mass is 15.1. The van der Waals surface area contributed by atoms with Gasteiger partial charge in [0, 0.05) is 25.3 Å². The number of hydrogen-bond donors (Lipinski definition) is 2. The van der Waals surface area contributed by atoms with Crippen molar-refractivity contribution in [2.45, 2.75) is 19.4 Å². The van der Waals surface area contributed by atoms with Crippen molar-refractivity contribution in [3.63, 3.8) is 0 Å². The zero-order valence-electron chi connectivity index (χ0n) is 13.1. The molecule has 4 rings (SSSR count). The lowest BCUT2D eigenvalue weighted by Crippen LogP contribution is -2.28. The van der Waals surface area contributed by atoms with Crippen LogP contribution in [-0.4, -0.2) is 38.5 Å². The van der Waals surface area contributed by atoms with Gasteiger partial charge in [-0.05, 0) is 18.1 Å². The Morgan fingerprint density at radius 1 is 1.26 bits per heavy atom. The van der Waals surface area contributed by atoms with Crippen LogP contribution in [-0.2, 0) is 0 Å². The van der Waals surface area contributed by atoms with Gasteiger partial charge in [-0.3, -0.25) is 9.38 Å². The second-order valence-electron chi connectivity index (χ2n) is 5.94. The van der Waals surface area contributed by atoms with Gasteiger partial charge in [-0.15, -0.1) is 0 Å². The van der Waals surface area contributed by atoms with E-state index in [4.69, 9.17) is 4.98 Å². The molecule has 0 bridgehead atoms. The van der Waals surface area contributed by atoms with Crippen LogP contribution >= 0.6 is 0 Å². The summed E-state index contributed by atoms with van der Waals surface area (Å²) < 4.78 is 2.03. The summed E-state index contributed by atoms with van der Waals surface area (Å²) in [7, 11) is 0. The summed E-state index contributed by atoms with van der Waals surface area (Å²) in [6.07, 6.45) is 8.57. The number of rotatable bonds is 4. The number of aromatic nitrogens is 4. The summed E-state index contributed by atoms with van der Waals surface area (Å²) in [4.78, 5) is 13.5. The molecule has 6 nitrogen and oxygen atoms in total. The third-order valence-corrected chi connectivity index (χ3v) is 4.51. The zero-order valence-corrected chi connectivity index (χ0v) is 13.1. The highest BCUT2D eigenvalue weighted by molar-refractivity contribution is 5.60. The van der Waals surface area contributed by atoms with Crippen LogP contribution in [0, 0.1) is 5.92 Å². The Morgan fingerprint density at radius 3 is 3.13 bits per heavy atom. The van der Waals surface area contributed by atoms with E-state index in [9.17, 15) is 0 Å². The lowest BCUT2D eigenvalue weighted by atomic mass is 10.0. The molecule has 0 aliphatic carbocycles. The van der Waals surface area contributed by atoms with Gasteiger partial charge < -0.3 is 10.6 Å². The van der Waals surface area contributed by atoms with Crippen molar-refractivity contribution in [2.24, 2.45) is 5.92 Å². The van der Waals surface area contributed by atoms with E-state index in [0.29, 0.717) is 12.0 Å². The molecule has 2 atom stereocenters. The summed E-state index contributed by atoms with van der Waals surface area (Å²) in [5.74, 6) is 1.46. The standard InChI is InChI=1S/C17H20N6/c1-2-12-7-18-8-13(12)21-16-11-19-9-14(22-16)15-10-20-17-5-3-4-6-23(15)17/h3-6,9-13,18H,2,7-8H2,1H3,(H,21,22). The average Bonchev–Trinajstić information content (AvgIpc) is 3.21. The first-order valence-corrected chi connectivity index (χ1v) is 8.07. The molecule has 6 heteroatoms. The minimum Gasteiger partial charge on any atom is -0.364 e. The summed E-state index contributed by atoms with van der Waals surface area (Å²) in [6.45, 7) is 4.27. The molecule has 3 aromatic rings. The molecule has 23 heavy (non-hydrogen) atoms. The molecule has 0 spiro atoms. The zero-order chi connectivity index (χ0) is 15.6. The molecule has 1 saturated heterocycles. The normalized spacial score (nSPS) is 20.9. The number of pyridine rings is 1. The van der Waals surface area contributed by atoms with E-state index < -0.39 is 0 Å². The summed E-state index contributed by atoms with van der Waals surface area (Å²) >= 11 is 0. The Balaban J connectivity index is 1.64. The first-order valence-electron chi connectivity index (χ1n) is 8.07. The first-order chi connectivity index (χ1) is 11.3. The fourth-order valence-electron chi connectivity index (χ4n) is 3.20. The molecule has 118 valence electrons. The molecule has 1 fully saturated rings. The third-order valence-electron chi connectivity index (χ3n) is 4.51. The maximum Gasteiger partial charge on any atom is 0.145 e. The van der Waals surface area contributed by atoms with Gasteiger partial charge in [-0.25, -0.2) is 9.97 Å². The molecular weight excluding hydrogens is 288 g/mol. The van der Waals surface area contributed by atoms with E-state index in [2.05, 4.69) is 27.5 Å². The van der Waals surface area contributed by atoms with Crippen LogP contribution in [0.15, 0.2) is 43.0 Å². The van der Waals surface area contributed by atoms with E-state index in [0.717, 1.165) is 42.4 Å². The highest BCUT2D eigenvalue weighted by Gasteiger charge is 2.25. The third kappa shape index (κ3) is 2.66. The smallest absolute Gasteiger partial charge is 0.145 e. The molecule has 0 amide bonds. The van der Waals surface area contributed by atoms with Crippen molar-refractivity contribution < 1.29 is 0 Å². The van der Waals surface area contributed by atoms with Crippen LogP contribution in [0.2, 0.25) is 0 Å². The van der Waals surface area contributed by atoms with Gasteiger partial charge in [-0.1, -0.05) is 19.4 Å². The maximum atomic E-state index is 4.74. The average molecular weight is 308 g/mol. The molecule has 2 N–H and O–H groups in total. The molecule has 0 radical (unpaired) electrons. The molecule has 2 unspecified atom stereocenters. The quantitative estimate of drug-likeness (QED) is 0.773. The van der Waals surface area contributed by atoms with Gasteiger partial charge in [-0.2, -0.15) is 0 Å². The predicted octanol–water partition coefficient (Wildman–Crippen LogP) is 2.20. The minimum absolute atomic E-state index is 0.409. The number of hydrogen-bond acceptors (Lipinski definition) is 5. The number of fused-ring (bicyclic) bond motifs is 1. The maximum absolute atomic E-state index is 4.74. The number of nitrogens with one attached hydrogen (secondary N) is 2. The van der Waals surface area contributed by atoms with Crippen LogP contribution in [0.1, 0.15) is 13.3 Å². The van der Waals surface area contributed by atoms with Crippen molar-refractivity contribution in [3.05, 3.63) is 43.0 Å². The lowest BCUT2D eigenvalue weighted by molar-refractivity contribution is 0.520. The van der Waals surface area contributed by atoms with E-state index in [-0.39, 0.29) is 0 Å². The number of anilines is 1. The Kier molecular flexibility index (Phi) is 3.67. The monoisotopic (exact) mass is 308 g/mol. The van der Waals surface area contributed by atoms with E-state index in [1.54, 1.807) is 12.4 Å². The van der Waals surface area contributed by atoms with Gasteiger partial charge in [0.15, 0.2) is 0 Å². The van der Waals surface area contributed by atoms with Crippen LogP contribution in [0.25, 0.3) is 17.0 Å². The Labute approximate surface area is 135 Å². The fraction of sp³-hybridized carbons (Fsp3) is 0.353. The molecule has 4 heterocycles. The molecule has 1 aliphatic rings. The van der Waals surface area contributed by atoms with Crippen LogP contribution < -0.4 is 10.6 Å². The molecule has 1 aliphatic heterocycles. The van der Waals surface area contributed by atoms with Crippen molar-refractivity contribution in [1.82, 2.24) is 24.7 Å². The summed E-state index contributed by atoms with van der Waals surface area (Å²) in [5.41, 5.74) is 2.69. The van der Waals surface area contributed by atoms with Crippen molar-refractivity contribution >= 4 is 11.5 Å². The predicted molar refractivity (Wildman–Crippen MR) is 90.3 cm³/mol. The molecule has 0 aromatic carbocycles. The van der Waals surface area contributed by atoms with Crippen molar-refractivity contribution in [2.75, 3.05) is 18.4 Å². The first kappa shape index (κ1) is 14.1. The fourth-order valence-corrected chi connectivity index (χ4v) is 3.20. The van der Waals surface area contributed by atoms with Crippen LogP contribution in [0.4, 0.5) is 5.82 Å². The van der Waals surface area contributed by atoms with Gasteiger partial charge in [0.25, 0.3) is 0 Å². The van der Waals surface area contributed by atoms with Crippen molar-refractivity contribution in [3.8, 4) is 11.4 Å². The Bertz CT molecular complexity index is 811. The summed E-state index contributed by atoms with van der Waals surface area (Å²) in [5, 5.41) is 6.96. The second-order valence-corrected chi connectivity index (χ2v) is 5.94. The molecular formula is C17H20N6. The second kappa shape index (κ2) is 5.96. The van der Waals surface area contributed by atoms with Gasteiger partial charge in [0.2, 0.25) is 0 Å². The van der Waals surface area contributed by atoms with Gasteiger partial charge >= 0.3 is 0 Å². The van der Waals surface area contributed by atoms with E-state index in [1.807, 2.05) is 35.0 Å². The minimum atomic E-state index is 0.409. The Morgan fingerprint density at radius 2 is 2.22 bits per heavy atom. The van der Waals surface area contributed by atoms with Gasteiger partial charge in [0.05, 0.1) is 24.3 Å². The highest BCUT2D eigenvalue weighted by Crippen LogP contribution is 2.21. The topological polar surface area (TPSA) is 67.1 Å². The Hall–Kier alpha value is -2.47. The number of nitrogens with zero attached hydrogens (tertiary/aromatic N) is 4. The van der Waals surface area contributed by atoms with Crippen LogP contribution in [0.3, 0.4) is 0 Å².